The Balaban J connectivity index is 2.23. The second kappa shape index (κ2) is 5.64. The van der Waals surface area contributed by atoms with E-state index in [-0.39, 0.29) is 18.2 Å². The number of nitrogens with zero attached hydrogens (tertiary/aromatic N) is 1. The van der Waals surface area contributed by atoms with E-state index < -0.39 is 5.54 Å². The van der Waals surface area contributed by atoms with Gasteiger partial charge in [-0.2, -0.15) is 0 Å². The number of hydrogen-bond acceptors (Lipinski definition) is 3. The molecular formula is C17H12INO3. The third kappa shape index (κ3) is 2.16. The van der Waals surface area contributed by atoms with Gasteiger partial charge in [0.2, 0.25) is 0 Å². The van der Waals surface area contributed by atoms with Crippen LogP contribution in [0.1, 0.15) is 5.56 Å². The van der Waals surface area contributed by atoms with Gasteiger partial charge in [0, 0.05) is 5.57 Å². The Kier molecular flexibility index (Phi) is 3.82. The molecule has 5 heteroatoms. The van der Waals surface area contributed by atoms with Crippen molar-refractivity contribution in [1.29, 1.82) is 0 Å². The molecule has 1 heterocycles. The molecule has 0 unspecified atom stereocenters. The standard InChI is InChI=1S/C17H12INO3/c18-15-14(12-4-2-1-3-5-12)17(8-6-13(21)7-9-17)19(10-11-20)16(15)22/h1-9,11H,10H2. The summed E-state index contributed by atoms with van der Waals surface area (Å²) in [5.41, 5.74) is 0.835. The molecule has 4 nitrogen and oxygen atoms in total. The summed E-state index contributed by atoms with van der Waals surface area (Å²) in [6.45, 7) is -0.0233. The Labute approximate surface area is 141 Å². The summed E-state index contributed by atoms with van der Waals surface area (Å²) in [7, 11) is 0. The van der Waals surface area contributed by atoms with Crippen LogP contribution in [0, 0.1) is 0 Å². The predicted octanol–water partition coefficient (Wildman–Crippen LogP) is 2.31. The molecule has 0 N–H and O–H groups in total. The normalized spacial score (nSPS) is 19.4. The fourth-order valence-electron chi connectivity index (χ4n) is 2.85. The maximum atomic E-state index is 12.6. The zero-order valence-electron chi connectivity index (χ0n) is 11.5. The summed E-state index contributed by atoms with van der Waals surface area (Å²) < 4.78 is 0.564. The van der Waals surface area contributed by atoms with Gasteiger partial charge in [0.05, 0.1) is 10.1 Å². The quantitative estimate of drug-likeness (QED) is 0.573. The van der Waals surface area contributed by atoms with E-state index in [1.807, 2.05) is 52.9 Å². The van der Waals surface area contributed by atoms with Crippen LogP contribution in [0.15, 0.2) is 58.2 Å². The van der Waals surface area contributed by atoms with Crippen molar-refractivity contribution in [3.8, 4) is 0 Å². The maximum absolute atomic E-state index is 12.6. The second-order valence-corrected chi connectivity index (χ2v) is 6.11. The molecule has 0 aromatic heterocycles. The molecule has 1 aliphatic heterocycles. The van der Waals surface area contributed by atoms with Crippen LogP contribution in [0.5, 0.6) is 0 Å². The molecule has 3 rings (SSSR count). The SMILES string of the molecule is O=CCN1C(=O)C(I)=C(c2ccccc2)C12C=CC(=O)C=C2. The number of allylic oxidation sites excluding steroid dienone is 2. The van der Waals surface area contributed by atoms with Gasteiger partial charge in [-0.15, -0.1) is 0 Å². The van der Waals surface area contributed by atoms with E-state index in [1.165, 1.54) is 17.1 Å². The first-order valence-electron chi connectivity index (χ1n) is 6.74. The fourth-order valence-corrected chi connectivity index (χ4v) is 3.89. The lowest BCUT2D eigenvalue weighted by atomic mass is 9.82. The minimum absolute atomic E-state index is 0.0233. The molecule has 0 atom stereocenters. The van der Waals surface area contributed by atoms with Crippen molar-refractivity contribution in [2.24, 2.45) is 0 Å². The van der Waals surface area contributed by atoms with E-state index in [2.05, 4.69) is 0 Å². The molecule has 1 spiro atoms. The minimum Gasteiger partial charge on any atom is -0.314 e. The summed E-state index contributed by atoms with van der Waals surface area (Å²) in [6.07, 6.45) is 7.00. The highest BCUT2D eigenvalue weighted by Gasteiger charge is 2.48. The minimum atomic E-state index is -0.871. The average molecular weight is 405 g/mol. The molecule has 22 heavy (non-hydrogen) atoms. The fraction of sp³-hybridized carbons (Fsp3) is 0.118. The van der Waals surface area contributed by atoms with Crippen LogP contribution in [0.25, 0.3) is 5.57 Å². The summed E-state index contributed by atoms with van der Waals surface area (Å²) in [6, 6.07) is 9.54. The molecular weight excluding hydrogens is 393 g/mol. The molecule has 110 valence electrons. The van der Waals surface area contributed by atoms with Crippen molar-refractivity contribution < 1.29 is 14.4 Å². The third-order valence-corrected chi connectivity index (χ3v) is 4.82. The highest BCUT2D eigenvalue weighted by Crippen LogP contribution is 2.46. The van der Waals surface area contributed by atoms with Crippen LogP contribution in [0.4, 0.5) is 0 Å². The summed E-state index contributed by atoms with van der Waals surface area (Å²) in [5.74, 6) is -0.325. The van der Waals surface area contributed by atoms with Crippen LogP contribution in [0.2, 0.25) is 0 Å². The van der Waals surface area contributed by atoms with Crippen LogP contribution in [-0.2, 0) is 14.4 Å². The molecule has 1 amide bonds. The lowest BCUT2D eigenvalue weighted by Gasteiger charge is -2.36. The Morgan fingerprint density at radius 2 is 1.73 bits per heavy atom. The number of carbonyl (C=O) groups excluding carboxylic acids is 3. The molecule has 1 aliphatic carbocycles. The predicted molar refractivity (Wildman–Crippen MR) is 91.2 cm³/mol. The Hall–Kier alpha value is -2.02. The molecule has 0 bridgehead atoms. The number of halogens is 1. The zero-order chi connectivity index (χ0) is 15.7. The molecule has 2 aliphatic rings. The number of aldehydes is 1. The Bertz CT molecular complexity index is 730. The Morgan fingerprint density at radius 3 is 2.32 bits per heavy atom. The van der Waals surface area contributed by atoms with Crippen LogP contribution in [-0.4, -0.2) is 35.0 Å². The molecule has 0 fully saturated rings. The van der Waals surface area contributed by atoms with E-state index >= 15 is 0 Å². The lowest BCUT2D eigenvalue weighted by molar-refractivity contribution is -0.129. The van der Waals surface area contributed by atoms with Gasteiger partial charge in [-0.1, -0.05) is 30.3 Å². The van der Waals surface area contributed by atoms with Crippen LogP contribution >= 0.6 is 22.6 Å². The summed E-state index contributed by atoms with van der Waals surface area (Å²) >= 11 is 2.02. The van der Waals surface area contributed by atoms with E-state index in [9.17, 15) is 14.4 Å². The maximum Gasteiger partial charge on any atom is 0.262 e. The van der Waals surface area contributed by atoms with Gasteiger partial charge in [0.1, 0.15) is 11.8 Å². The first-order valence-corrected chi connectivity index (χ1v) is 7.82. The summed E-state index contributed by atoms with van der Waals surface area (Å²) in [4.78, 5) is 36.6. The lowest BCUT2D eigenvalue weighted by Crippen LogP contribution is -2.47. The van der Waals surface area contributed by atoms with Crippen molar-refractivity contribution in [3.63, 3.8) is 0 Å². The van der Waals surface area contributed by atoms with Crippen molar-refractivity contribution in [3.05, 3.63) is 63.8 Å². The molecule has 0 saturated carbocycles. The van der Waals surface area contributed by atoms with E-state index in [0.29, 0.717) is 9.87 Å². The summed E-state index contributed by atoms with van der Waals surface area (Å²) in [5, 5.41) is 0. The van der Waals surface area contributed by atoms with Crippen LogP contribution < -0.4 is 0 Å². The second-order valence-electron chi connectivity index (χ2n) is 5.03. The molecule has 1 aromatic rings. The monoisotopic (exact) mass is 405 g/mol. The van der Waals surface area contributed by atoms with Crippen molar-refractivity contribution in [2.75, 3.05) is 6.54 Å². The number of rotatable bonds is 3. The van der Waals surface area contributed by atoms with Gasteiger partial charge in [-0.3, -0.25) is 9.59 Å². The smallest absolute Gasteiger partial charge is 0.262 e. The van der Waals surface area contributed by atoms with E-state index in [1.54, 1.807) is 12.2 Å². The van der Waals surface area contributed by atoms with Gasteiger partial charge in [-0.25, -0.2) is 0 Å². The number of amides is 1. The zero-order valence-corrected chi connectivity index (χ0v) is 13.7. The van der Waals surface area contributed by atoms with Gasteiger partial charge in [-0.05, 0) is 52.5 Å². The van der Waals surface area contributed by atoms with Gasteiger partial charge >= 0.3 is 0 Å². The third-order valence-electron chi connectivity index (χ3n) is 3.82. The molecule has 1 aromatic carbocycles. The van der Waals surface area contributed by atoms with Crippen molar-refractivity contribution in [2.45, 2.75) is 5.54 Å². The highest BCUT2D eigenvalue weighted by atomic mass is 127. The van der Waals surface area contributed by atoms with Crippen molar-refractivity contribution in [1.82, 2.24) is 4.90 Å². The highest BCUT2D eigenvalue weighted by molar-refractivity contribution is 14.1. The number of ketones is 1. The Morgan fingerprint density at radius 1 is 1.09 bits per heavy atom. The van der Waals surface area contributed by atoms with Gasteiger partial charge in [0.25, 0.3) is 5.91 Å². The first kappa shape index (κ1) is 14.9. The first-order chi connectivity index (χ1) is 10.6. The van der Waals surface area contributed by atoms with E-state index in [4.69, 9.17) is 0 Å². The van der Waals surface area contributed by atoms with Gasteiger partial charge < -0.3 is 9.69 Å². The number of hydrogen-bond donors (Lipinski definition) is 0. The number of benzene rings is 1. The van der Waals surface area contributed by atoms with Crippen molar-refractivity contribution >= 4 is 46.1 Å². The number of carbonyl (C=O) groups is 3. The topological polar surface area (TPSA) is 54.5 Å². The van der Waals surface area contributed by atoms with E-state index in [0.717, 1.165) is 11.1 Å². The van der Waals surface area contributed by atoms with Crippen LogP contribution in [0.3, 0.4) is 0 Å². The molecule has 0 radical (unpaired) electrons. The van der Waals surface area contributed by atoms with Gasteiger partial charge in [0.15, 0.2) is 5.78 Å². The average Bonchev–Trinajstić information content (AvgIpc) is 2.73. The molecule has 0 saturated heterocycles. The largest absolute Gasteiger partial charge is 0.314 e.